The highest BCUT2D eigenvalue weighted by Gasteiger charge is 2.68. The van der Waals surface area contributed by atoms with Crippen LogP contribution in [0.15, 0.2) is 12.2 Å². The molecule has 0 saturated carbocycles. The largest absolute Gasteiger partial charge is 0.743 e. The van der Waals surface area contributed by atoms with E-state index in [1.165, 1.54) is 0 Å². The lowest BCUT2D eigenvalue weighted by Gasteiger charge is -2.37. The third kappa shape index (κ3) is 9.19. The first kappa shape index (κ1) is 36.8. The van der Waals surface area contributed by atoms with E-state index < -0.39 is 89.4 Å². The molecule has 0 rings (SSSR count). The van der Waals surface area contributed by atoms with Gasteiger partial charge < -0.3 is 18.9 Å². The molecule has 0 N–H and O–H groups in total. The van der Waals surface area contributed by atoms with Gasteiger partial charge in [-0.05, 0) is 19.3 Å². The molecule has 0 aromatic heterocycles. The molecule has 1 atom stereocenters. The zero-order valence-electron chi connectivity index (χ0n) is 20.6. The molecule has 1 unspecified atom stereocenters. The summed E-state index contributed by atoms with van der Waals surface area (Å²) < 4.78 is 175. The molecular formula is C20H26F10NO7S-. The van der Waals surface area contributed by atoms with Crippen molar-refractivity contribution in [2.75, 3.05) is 19.7 Å². The number of hydrogen-bond acceptors (Lipinski definition) is 7. The average molecular weight is 614 g/mol. The minimum atomic E-state index is -6.93. The summed E-state index contributed by atoms with van der Waals surface area (Å²) >= 11 is 0. The molecule has 1 amide bonds. The summed E-state index contributed by atoms with van der Waals surface area (Å²) in [7, 11) is -6.93. The van der Waals surface area contributed by atoms with Gasteiger partial charge in [0.05, 0.1) is 6.61 Å². The van der Waals surface area contributed by atoms with Gasteiger partial charge in [0.1, 0.15) is 5.57 Å². The monoisotopic (exact) mass is 614 g/mol. The standard InChI is InChI=1S/C20H27F10NO7S/c1-4-6-10-31(11-7-5-2)15(33)17(19(26,27)28,38-14(32)13(3)18(23,24)25)37-12-8-9-16(21,22)20(29,30)39(34,35)36/h3-12H2,1-2H3,(H,34,35,36)/p-1. The number of carbonyl (C=O) groups excluding carboxylic acids is 2. The molecule has 0 spiro atoms. The number of nitrogens with zero attached hydrogens (tertiary/aromatic N) is 1. The molecule has 0 aliphatic carbocycles. The highest BCUT2D eigenvalue weighted by atomic mass is 32.2. The molecule has 0 aliphatic heterocycles. The van der Waals surface area contributed by atoms with Crippen molar-refractivity contribution in [1.29, 1.82) is 0 Å². The van der Waals surface area contributed by atoms with Crippen LogP contribution in [0, 0.1) is 0 Å². The van der Waals surface area contributed by atoms with Crippen LogP contribution in [0.5, 0.6) is 0 Å². The second-order valence-corrected chi connectivity index (χ2v) is 9.53. The van der Waals surface area contributed by atoms with Gasteiger partial charge in [-0.25, -0.2) is 13.2 Å². The van der Waals surface area contributed by atoms with E-state index >= 15 is 0 Å². The lowest BCUT2D eigenvalue weighted by Crippen LogP contribution is -2.63. The maximum atomic E-state index is 14.2. The van der Waals surface area contributed by atoms with Gasteiger partial charge in [-0.15, -0.1) is 0 Å². The zero-order chi connectivity index (χ0) is 31.1. The predicted octanol–water partition coefficient (Wildman–Crippen LogP) is 4.91. The van der Waals surface area contributed by atoms with Gasteiger partial charge in [-0.3, -0.25) is 4.79 Å². The molecule has 0 bridgehead atoms. The Balaban J connectivity index is 6.44. The zero-order valence-corrected chi connectivity index (χ0v) is 21.4. The molecule has 230 valence electrons. The van der Waals surface area contributed by atoms with Crippen LogP contribution < -0.4 is 0 Å². The summed E-state index contributed by atoms with van der Waals surface area (Å²) in [6, 6.07) is 0. The number of amides is 1. The Morgan fingerprint density at radius 2 is 1.33 bits per heavy atom. The van der Waals surface area contributed by atoms with E-state index in [0.29, 0.717) is 17.7 Å². The quantitative estimate of drug-likeness (QED) is 0.0607. The number of unbranched alkanes of at least 4 members (excludes halogenated alkanes) is 2. The van der Waals surface area contributed by atoms with Crippen molar-refractivity contribution in [3.8, 4) is 0 Å². The van der Waals surface area contributed by atoms with Gasteiger partial charge in [-0.1, -0.05) is 33.3 Å². The molecule has 39 heavy (non-hydrogen) atoms. The van der Waals surface area contributed by atoms with Gasteiger partial charge in [0.15, 0.2) is 10.1 Å². The lowest BCUT2D eigenvalue weighted by molar-refractivity contribution is -0.351. The Labute approximate surface area is 217 Å². The summed E-state index contributed by atoms with van der Waals surface area (Å²) in [5.41, 5.74) is -2.49. The Bertz CT molecular complexity index is 959. The van der Waals surface area contributed by atoms with Gasteiger partial charge in [0.2, 0.25) is 0 Å². The maximum absolute atomic E-state index is 14.2. The smallest absolute Gasteiger partial charge is 0.466 e. The Hall–Kier alpha value is -2.15. The van der Waals surface area contributed by atoms with Crippen molar-refractivity contribution >= 4 is 22.0 Å². The van der Waals surface area contributed by atoms with Crippen molar-refractivity contribution in [1.82, 2.24) is 4.90 Å². The van der Waals surface area contributed by atoms with Crippen molar-refractivity contribution in [2.45, 2.75) is 81.7 Å². The van der Waals surface area contributed by atoms with Crippen LogP contribution in [0.25, 0.3) is 0 Å². The van der Waals surface area contributed by atoms with E-state index in [4.69, 9.17) is 0 Å². The van der Waals surface area contributed by atoms with Gasteiger partial charge in [0, 0.05) is 19.5 Å². The first-order chi connectivity index (χ1) is 17.4. The highest BCUT2D eigenvalue weighted by molar-refractivity contribution is 7.86. The van der Waals surface area contributed by atoms with Crippen molar-refractivity contribution in [3.05, 3.63) is 12.2 Å². The maximum Gasteiger partial charge on any atom is 0.466 e. The van der Waals surface area contributed by atoms with E-state index in [9.17, 15) is 66.5 Å². The number of rotatable bonds is 16. The molecule has 0 aromatic rings. The summed E-state index contributed by atoms with van der Waals surface area (Å²) in [4.78, 5) is 25.4. The van der Waals surface area contributed by atoms with Gasteiger partial charge >= 0.3 is 41.2 Å². The number of ether oxygens (including phenoxy) is 2. The van der Waals surface area contributed by atoms with Crippen LogP contribution >= 0.6 is 0 Å². The fourth-order valence-corrected chi connectivity index (χ4v) is 3.23. The van der Waals surface area contributed by atoms with Crippen LogP contribution in [-0.4, -0.2) is 78.8 Å². The molecule has 0 radical (unpaired) electrons. The molecule has 0 saturated heterocycles. The van der Waals surface area contributed by atoms with E-state index in [-0.39, 0.29) is 12.8 Å². The van der Waals surface area contributed by atoms with E-state index in [1.54, 1.807) is 13.8 Å². The van der Waals surface area contributed by atoms with Crippen molar-refractivity contribution in [2.24, 2.45) is 0 Å². The SMILES string of the molecule is C=C(C(=O)OC(OCCCC(F)(F)C(F)(F)S(=O)(=O)[O-])(C(=O)N(CCCC)CCCC)C(F)(F)F)C(F)(F)F. The topological polar surface area (TPSA) is 113 Å². The molecule has 0 heterocycles. The normalized spacial score (nSPS) is 15.0. The summed E-state index contributed by atoms with van der Waals surface area (Å²) in [5.74, 6) is -15.5. The number of alkyl halides is 10. The molecule has 19 heteroatoms. The lowest BCUT2D eigenvalue weighted by atomic mass is 10.1. The van der Waals surface area contributed by atoms with Crippen LogP contribution in [0.1, 0.15) is 52.4 Å². The third-order valence-corrected chi connectivity index (χ3v) is 5.94. The predicted molar refractivity (Wildman–Crippen MR) is 111 cm³/mol. The molecule has 8 nitrogen and oxygen atoms in total. The molecule has 0 fully saturated rings. The second kappa shape index (κ2) is 13.5. The summed E-state index contributed by atoms with van der Waals surface area (Å²) in [5, 5.41) is -6.19. The Morgan fingerprint density at radius 1 is 0.872 bits per heavy atom. The minimum absolute atomic E-state index is 0.0670. The Kier molecular flexibility index (Phi) is 12.7. The van der Waals surface area contributed by atoms with Crippen molar-refractivity contribution < 1.29 is 75.9 Å². The highest BCUT2D eigenvalue weighted by Crippen LogP contribution is 2.42. The van der Waals surface area contributed by atoms with E-state index in [2.05, 4.69) is 16.1 Å². The first-order valence-corrected chi connectivity index (χ1v) is 12.5. The van der Waals surface area contributed by atoms with Crippen LogP contribution in [0.2, 0.25) is 0 Å². The molecule has 0 aromatic carbocycles. The van der Waals surface area contributed by atoms with Crippen LogP contribution in [0.4, 0.5) is 43.9 Å². The summed E-state index contributed by atoms with van der Waals surface area (Å²) in [6.45, 7) is 2.74. The number of hydrogen-bond donors (Lipinski definition) is 0. The number of carbonyl (C=O) groups is 2. The first-order valence-electron chi connectivity index (χ1n) is 11.1. The fraction of sp³-hybridized carbons (Fsp3) is 0.800. The van der Waals surface area contributed by atoms with E-state index in [0.717, 1.165) is 0 Å². The van der Waals surface area contributed by atoms with Gasteiger partial charge in [-0.2, -0.15) is 43.9 Å². The van der Waals surface area contributed by atoms with Crippen molar-refractivity contribution in [3.63, 3.8) is 0 Å². The minimum Gasteiger partial charge on any atom is -0.743 e. The fourth-order valence-electron chi connectivity index (χ4n) is 2.76. The second-order valence-electron chi connectivity index (χ2n) is 8.11. The molecule has 0 aliphatic rings. The number of esters is 1. The van der Waals surface area contributed by atoms with E-state index in [1.807, 2.05) is 0 Å². The van der Waals surface area contributed by atoms with Crippen LogP contribution in [0.3, 0.4) is 0 Å². The van der Waals surface area contributed by atoms with Crippen LogP contribution in [-0.2, 0) is 29.2 Å². The third-order valence-electron chi connectivity index (χ3n) is 5.01. The average Bonchev–Trinajstić information content (AvgIpc) is 2.77. The summed E-state index contributed by atoms with van der Waals surface area (Å²) in [6.07, 6.45) is -14.9. The number of halogens is 10. The Morgan fingerprint density at radius 3 is 1.69 bits per heavy atom. The molecular weight excluding hydrogens is 588 g/mol. The van der Waals surface area contributed by atoms with Gasteiger partial charge in [0.25, 0.3) is 0 Å².